The SMILES string of the molecule is C[S+](=O)([O-])N1CCC(NC2NC(NC3CCCC(C(F)(F)F)C3)NC(OCC(F)(F)F)N2)CC1. The van der Waals surface area contributed by atoms with Crippen molar-refractivity contribution in [2.45, 2.75) is 81.9 Å². The Hall–Kier alpha value is -0.590. The van der Waals surface area contributed by atoms with Crippen LogP contribution in [0.2, 0.25) is 0 Å². The van der Waals surface area contributed by atoms with E-state index in [0.29, 0.717) is 38.8 Å². The van der Waals surface area contributed by atoms with Gasteiger partial charge in [-0.1, -0.05) is 10.6 Å². The molecule has 6 atom stereocenters. The third-order valence-electron chi connectivity index (χ3n) is 6.25. The highest BCUT2D eigenvalue weighted by molar-refractivity contribution is 7.94. The molecule has 0 bridgehead atoms. The Labute approximate surface area is 195 Å². The molecule has 16 heteroatoms. The molecule has 3 fully saturated rings. The van der Waals surface area contributed by atoms with Gasteiger partial charge in [-0.05, 0) is 32.1 Å². The Morgan fingerprint density at radius 1 is 0.971 bits per heavy atom. The number of rotatable bonds is 7. The fourth-order valence-electron chi connectivity index (χ4n) is 4.54. The first-order chi connectivity index (χ1) is 15.7. The minimum absolute atomic E-state index is 0.0580. The molecule has 200 valence electrons. The van der Waals surface area contributed by atoms with Gasteiger partial charge in [0.15, 0.2) is 6.35 Å². The van der Waals surface area contributed by atoms with E-state index in [1.54, 1.807) is 0 Å². The van der Waals surface area contributed by atoms with E-state index in [0.717, 1.165) is 6.26 Å². The predicted molar refractivity (Wildman–Crippen MR) is 110 cm³/mol. The number of sulfonamides is 1. The van der Waals surface area contributed by atoms with Gasteiger partial charge >= 0.3 is 12.4 Å². The molecule has 0 radical (unpaired) electrons. The summed E-state index contributed by atoms with van der Waals surface area (Å²) in [7, 11) is -3.31. The van der Waals surface area contributed by atoms with Gasteiger partial charge in [0.1, 0.15) is 35.8 Å². The van der Waals surface area contributed by atoms with Crippen molar-refractivity contribution in [3.05, 3.63) is 0 Å². The maximum absolute atomic E-state index is 13.1. The van der Waals surface area contributed by atoms with Gasteiger partial charge in [-0.15, -0.1) is 4.31 Å². The second-order valence-corrected chi connectivity index (χ2v) is 11.0. The molecule has 1 saturated carbocycles. The summed E-state index contributed by atoms with van der Waals surface area (Å²) < 4.78 is 107. The molecule has 6 unspecified atom stereocenters. The Morgan fingerprint density at radius 2 is 1.56 bits per heavy atom. The predicted octanol–water partition coefficient (Wildman–Crippen LogP) is 1.14. The zero-order chi connectivity index (χ0) is 25.1. The molecule has 2 heterocycles. The molecule has 1 aliphatic carbocycles. The van der Waals surface area contributed by atoms with Crippen molar-refractivity contribution in [3.8, 4) is 0 Å². The number of alkyl halides is 6. The van der Waals surface area contributed by atoms with Crippen molar-refractivity contribution in [2.24, 2.45) is 5.92 Å². The normalized spacial score (nSPS) is 34.6. The summed E-state index contributed by atoms with van der Waals surface area (Å²) >= 11 is 0. The maximum Gasteiger partial charge on any atom is 0.411 e. The number of hydrogen-bond acceptors (Lipinski definition) is 8. The van der Waals surface area contributed by atoms with Crippen LogP contribution in [-0.2, 0) is 19.3 Å². The van der Waals surface area contributed by atoms with Crippen molar-refractivity contribution in [3.63, 3.8) is 0 Å². The summed E-state index contributed by atoms with van der Waals surface area (Å²) in [4.78, 5) is 0. The van der Waals surface area contributed by atoms with Crippen LogP contribution in [0, 0.1) is 5.92 Å². The third kappa shape index (κ3) is 8.81. The van der Waals surface area contributed by atoms with Crippen molar-refractivity contribution >= 4 is 10.4 Å². The minimum Gasteiger partial charge on any atom is -0.598 e. The highest BCUT2D eigenvalue weighted by Crippen LogP contribution is 2.37. The van der Waals surface area contributed by atoms with E-state index in [1.165, 1.54) is 4.31 Å². The van der Waals surface area contributed by atoms with Gasteiger partial charge in [0.2, 0.25) is 0 Å². The van der Waals surface area contributed by atoms with Crippen LogP contribution in [-0.4, -0.2) is 78.2 Å². The molecule has 0 aromatic rings. The smallest absolute Gasteiger partial charge is 0.411 e. The third-order valence-corrected chi connectivity index (χ3v) is 7.55. The van der Waals surface area contributed by atoms with Crippen LogP contribution in [0.3, 0.4) is 0 Å². The fourth-order valence-corrected chi connectivity index (χ4v) is 5.42. The number of halogens is 6. The van der Waals surface area contributed by atoms with Crippen LogP contribution in [0.5, 0.6) is 0 Å². The highest BCUT2D eigenvalue weighted by Gasteiger charge is 2.43. The van der Waals surface area contributed by atoms with Gasteiger partial charge in [0.05, 0.1) is 5.92 Å². The number of hydrogen-bond donors (Lipinski definition) is 5. The van der Waals surface area contributed by atoms with Crippen LogP contribution >= 0.6 is 0 Å². The zero-order valence-electron chi connectivity index (χ0n) is 18.7. The molecular formula is C18H32F6N6O3S. The molecule has 0 spiro atoms. The molecule has 34 heavy (non-hydrogen) atoms. The first-order valence-corrected chi connectivity index (χ1v) is 13.0. The van der Waals surface area contributed by atoms with Crippen molar-refractivity contribution in [1.82, 2.24) is 30.9 Å². The quantitative estimate of drug-likeness (QED) is 0.248. The number of nitrogens with zero attached hydrogens (tertiary/aromatic N) is 1. The van der Waals surface area contributed by atoms with E-state index in [4.69, 9.17) is 4.74 Å². The molecular weight excluding hydrogens is 494 g/mol. The largest absolute Gasteiger partial charge is 0.598 e. The van der Waals surface area contributed by atoms with Gasteiger partial charge in [0, 0.05) is 25.2 Å². The van der Waals surface area contributed by atoms with E-state index in [2.05, 4.69) is 26.6 Å². The first kappa shape index (κ1) is 28.0. The Bertz CT molecular complexity index is 703. The first-order valence-electron chi connectivity index (χ1n) is 11.2. The van der Waals surface area contributed by atoms with Crippen molar-refractivity contribution in [2.75, 3.05) is 26.0 Å². The summed E-state index contributed by atoms with van der Waals surface area (Å²) in [6.07, 6.45) is -8.67. The van der Waals surface area contributed by atoms with Gasteiger partial charge < -0.3 is 9.29 Å². The number of nitrogens with one attached hydrogen (secondary N) is 5. The number of piperidine rings is 1. The minimum atomic E-state index is -4.55. The molecule has 0 amide bonds. The van der Waals surface area contributed by atoms with Crippen molar-refractivity contribution < 1.29 is 39.8 Å². The van der Waals surface area contributed by atoms with E-state index < -0.39 is 60.3 Å². The monoisotopic (exact) mass is 526 g/mol. The summed E-state index contributed by atoms with van der Waals surface area (Å²) in [5.74, 6) is -1.42. The highest BCUT2D eigenvalue weighted by atomic mass is 32.3. The Balaban J connectivity index is 1.58. The topological polar surface area (TPSA) is 113 Å². The Morgan fingerprint density at radius 3 is 2.09 bits per heavy atom. The van der Waals surface area contributed by atoms with Crippen LogP contribution in [0.4, 0.5) is 26.3 Å². The molecule has 9 nitrogen and oxygen atoms in total. The average molecular weight is 527 g/mol. The lowest BCUT2D eigenvalue weighted by Gasteiger charge is -2.43. The zero-order valence-corrected chi connectivity index (χ0v) is 19.5. The van der Waals surface area contributed by atoms with Gasteiger partial charge in [-0.3, -0.25) is 26.6 Å². The molecule has 0 aromatic carbocycles. The summed E-state index contributed by atoms with van der Waals surface area (Å²) in [5, 5.41) is 14.8. The van der Waals surface area contributed by atoms with E-state index in [-0.39, 0.29) is 18.9 Å². The summed E-state index contributed by atoms with van der Waals surface area (Å²) in [6.45, 7) is -0.903. The second kappa shape index (κ2) is 11.2. The van der Waals surface area contributed by atoms with E-state index >= 15 is 0 Å². The lowest BCUT2D eigenvalue weighted by atomic mass is 9.85. The van der Waals surface area contributed by atoms with Crippen LogP contribution in [0.15, 0.2) is 0 Å². The molecule has 2 aliphatic heterocycles. The van der Waals surface area contributed by atoms with Crippen LogP contribution in [0.25, 0.3) is 0 Å². The van der Waals surface area contributed by atoms with Gasteiger partial charge in [0.25, 0.3) is 0 Å². The van der Waals surface area contributed by atoms with E-state index in [9.17, 15) is 35.1 Å². The lowest BCUT2D eigenvalue weighted by molar-refractivity contribution is -0.199. The van der Waals surface area contributed by atoms with Crippen LogP contribution < -0.4 is 26.6 Å². The molecule has 5 N–H and O–H groups in total. The standard InChI is InChI=1S/C18H32F6N6O3S/c1-34(31,32)30-7-5-12(6-8-30)25-14-27-15(29-16(28-14)33-10-17(19,20)21)26-13-4-2-3-11(9-13)18(22,23)24/h11-16,25-29H,2-10H2,1H3. The van der Waals surface area contributed by atoms with E-state index in [1.807, 2.05) is 0 Å². The van der Waals surface area contributed by atoms with Gasteiger partial charge in [-0.2, -0.15) is 26.3 Å². The molecule has 2 saturated heterocycles. The average Bonchev–Trinajstić information content (AvgIpc) is 2.71. The second-order valence-electron chi connectivity index (χ2n) is 9.04. The number of ether oxygens (including phenoxy) is 1. The summed E-state index contributed by atoms with van der Waals surface area (Å²) in [6, 6.07) is -0.611. The Kier molecular flexibility index (Phi) is 9.23. The lowest BCUT2D eigenvalue weighted by Crippen LogP contribution is -2.76. The van der Waals surface area contributed by atoms with Gasteiger partial charge in [-0.25, -0.2) is 0 Å². The maximum atomic E-state index is 13.1. The van der Waals surface area contributed by atoms with Crippen LogP contribution in [0.1, 0.15) is 38.5 Å². The fraction of sp³-hybridized carbons (Fsp3) is 1.00. The summed E-state index contributed by atoms with van der Waals surface area (Å²) in [5.41, 5.74) is 0. The molecule has 0 aromatic heterocycles. The molecule has 3 aliphatic rings. The molecule has 3 rings (SSSR count). The van der Waals surface area contributed by atoms with Crippen molar-refractivity contribution in [1.29, 1.82) is 0 Å².